The van der Waals surface area contributed by atoms with Gasteiger partial charge < -0.3 is 11.1 Å². The van der Waals surface area contributed by atoms with Crippen LogP contribution >= 0.6 is 0 Å². The van der Waals surface area contributed by atoms with E-state index in [4.69, 9.17) is 5.73 Å². The molecule has 1 aromatic rings. The van der Waals surface area contributed by atoms with Gasteiger partial charge in [0.1, 0.15) is 0 Å². The fraction of sp³-hybridized carbons (Fsp3) is 0.533. The van der Waals surface area contributed by atoms with E-state index in [-0.39, 0.29) is 17.3 Å². The second-order valence-corrected chi connectivity index (χ2v) is 5.46. The van der Waals surface area contributed by atoms with Gasteiger partial charge in [-0.15, -0.1) is 0 Å². The van der Waals surface area contributed by atoms with Crippen LogP contribution in [0.1, 0.15) is 54.4 Å². The molecule has 3 N–H and O–H groups in total. The standard InChI is InChI=1S/C15H19F3N2O/c16-15(17,18)10-7-8-13(19)12(9-10)14(21)20-11-5-3-1-2-4-6-11/h7-9,11H,1-6,19H2,(H,20,21). The van der Waals surface area contributed by atoms with E-state index in [0.29, 0.717) is 0 Å². The molecular weight excluding hydrogens is 281 g/mol. The molecule has 1 aliphatic rings. The van der Waals surface area contributed by atoms with E-state index in [2.05, 4.69) is 5.32 Å². The maximum absolute atomic E-state index is 12.7. The lowest BCUT2D eigenvalue weighted by Crippen LogP contribution is -2.35. The number of halogens is 3. The zero-order valence-corrected chi connectivity index (χ0v) is 11.7. The zero-order valence-electron chi connectivity index (χ0n) is 11.7. The lowest BCUT2D eigenvalue weighted by atomic mass is 10.1. The molecule has 6 heteroatoms. The second-order valence-electron chi connectivity index (χ2n) is 5.46. The topological polar surface area (TPSA) is 55.1 Å². The predicted octanol–water partition coefficient (Wildman–Crippen LogP) is 3.74. The molecule has 116 valence electrons. The third kappa shape index (κ3) is 4.12. The number of benzene rings is 1. The summed E-state index contributed by atoms with van der Waals surface area (Å²) in [7, 11) is 0. The van der Waals surface area contributed by atoms with Crippen LogP contribution in [0.3, 0.4) is 0 Å². The fourth-order valence-corrected chi connectivity index (χ4v) is 2.62. The Hall–Kier alpha value is -1.72. The first-order chi connectivity index (χ1) is 9.88. The summed E-state index contributed by atoms with van der Waals surface area (Å²) in [5.41, 5.74) is 4.74. The van der Waals surface area contributed by atoms with E-state index in [0.717, 1.165) is 56.7 Å². The smallest absolute Gasteiger partial charge is 0.398 e. The number of carbonyl (C=O) groups is 1. The van der Waals surface area contributed by atoms with Crippen molar-refractivity contribution in [3.05, 3.63) is 29.3 Å². The molecule has 0 radical (unpaired) electrons. The van der Waals surface area contributed by atoms with Gasteiger partial charge >= 0.3 is 6.18 Å². The molecule has 1 fully saturated rings. The van der Waals surface area contributed by atoms with Crippen LogP contribution in [0.15, 0.2) is 18.2 Å². The molecule has 0 saturated heterocycles. The summed E-state index contributed by atoms with van der Waals surface area (Å²) >= 11 is 0. The monoisotopic (exact) mass is 300 g/mol. The summed E-state index contributed by atoms with van der Waals surface area (Å²) in [6.07, 6.45) is 1.59. The maximum atomic E-state index is 12.7. The molecule has 0 spiro atoms. The molecule has 1 saturated carbocycles. The highest BCUT2D eigenvalue weighted by atomic mass is 19.4. The summed E-state index contributed by atoms with van der Waals surface area (Å²) in [6.45, 7) is 0. The SMILES string of the molecule is Nc1ccc(C(F)(F)F)cc1C(=O)NC1CCCCCC1. The fourth-order valence-electron chi connectivity index (χ4n) is 2.62. The Morgan fingerprint density at radius 1 is 1.14 bits per heavy atom. The van der Waals surface area contributed by atoms with Gasteiger partial charge in [-0.05, 0) is 31.0 Å². The number of nitrogen functional groups attached to an aromatic ring is 1. The molecule has 1 aliphatic carbocycles. The summed E-state index contributed by atoms with van der Waals surface area (Å²) in [5.74, 6) is -0.523. The minimum Gasteiger partial charge on any atom is -0.398 e. The van der Waals surface area contributed by atoms with Gasteiger partial charge in [-0.3, -0.25) is 4.79 Å². The molecule has 0 aliphatic heterocycles. The van der Waals surface area contributed by atoms with Crippen molar-refractivity contribution < 1.29 is 18.0 Å². The number of rotatable bonds is 2. The first-order valence-electron chi connectivity index (χ1n) is 7.15. The highest BCUT2D eigenvalue weighted by Crippen LogP contribution is 2.31. The Morgan fingerprint density at radius 3 is 2.33 bits per heavy atom. The summed E-state index contributed by atoms with van der Waals surface area (Å²) < 4.78 is 38.1. The minimum absolute atomic E-state index is 0.0222. The Balaban J connectivity index is 2.14. The predicted molar refractivity (Wildman–Crippen MR) is 74.8 cm³/mol. The van der Waals surface area contributed by atoms with Gasteiger partial charge in [0, 0.05) is 11.7 Å². The first-order valence-corrected chi connectivity index (χ1v) is 7.15. The third-order valence-corrected chi connectivity index (χ3v) is 3.82. The van der Waals surface area contributed by atoms with Crippen molar-refractivity contribution in [3.8, 4) is 0 Å². The average Bonchev–Trinajstić information content (AvgIpc) is 2.66. The molecule has 0 unspecified atom stereocenters. The molecular formula is C15H19F3N2O. The van der Waals surface area contributed by atoms with Gasteiger partial charge in [0.25, 0.3) is 5.91 Å². The number of nitrogens with one attached hydrogen (secondary N) is 1. The van der Waals surface area contributed by atoms with Crippen molar-refractivity contribution in [3.63, 3.8) is 0 Å². The van der Waals surface area contributed by atoms with E-state index in [1.165, 1.54) is 0 Å². The second kappa shape index (κ2) is 6.37. The van der Waals surface area contributed by atoms with Gasteiger partial charge in [0.2, 0.25) is 0 Å². The van der Waals surface area contributed by atoms with Crippen molar-refractivity contribution in [1.29, 1.82) is 0 Å². The Morgan fingerprint density at radius 2 is 1.76 bits per heavy atom. The van der Waals surface area contributed by atoms with Gasteiger partial charge in [-0.2, -0.15) is 13.2 Å². The molecule has 3 nitrogen and oxygen atoms in total. The molecule has 0 atom stereocenters. The Kier molecular flexibility index (Phi) is 4.75. The van der Waals surface area contributed by atoms with Crippen LogP contribution in [0.4, 0.5) is 18.9 Å². The van der Waals surface area contributed by atoms with Gasteiger partial charge in [0.15, 0.2) is 0 Å². The van der Waals surface area contributed by atoms with E-state index in [1.54, 1.807) is 0 Å². The Bertz CT molecular complexity index is 506. The number of amides is 1. The maximum Gasteiger partial charge on any atom is 0.416 e. The summed E-state index contributed by atoms with van der Waals surface area (Å²) in [6, 6.07) is 2.86. The van der Waals surface area contributed by atoms with Crippen LogP contribution < -0.4 is 11.1 Å². The number of nitrogens with two attached hydrogens (primary N) is 1. The third-order valence-electron chi connectivity index (χ3n) is 3.82. The van der Waals surface area contributed by atoms with E-state index in [9.17, 15) is 18.0 Å². The molecule has 1 amide bonds. The molecule has 21 heavy (non-hydrogen) atoms. The largest absolute Gasteiger partial charge is 0.416 e. The van der Waals surface area contributed by atoms with Gasteiger partial charge in [0.05, 0.1) is 11.1 Å². The van der Waals surface area contributed by atoms with Crippen LogP contribution in [0.2, 0.25) is 0 Å². The lowest BCUT2D eigenvalue weighted by Gasteiger charge is -2.17. The molecule has 2 rings (SSSR count). The van der Waals surface area contributed by atoms with Crippen molar-refractivity contribution in [1.82, 2.24) is 5.32 Å². The first kappa shape index (κ1) is 15.7. The zero-order chi connectivity index (χ0) is 15.5. The van der Waals surface area contributed by atoms with Gasteiger partial charge in [-0.25, -0.2) is 0 Å². The van der Waals surface area contributed by atoms with Crippen LogP contribution in [0, 0.1) is 0 Å². The summed E-state index contributed by atoms with van der Waals surface area (Å²) in [4.78, 5) is 12.2. The minimum atomic E-state index is -4.48. The van der Waals surface area contributed by atoms with Gasteiger partial charge in [-0.1, -0.05) is 25.7 Å². The lowest BCUT2D eigenvalue weighted by molar-refractivity contribution is -0.137. The van der Waals surface area contributed by atoms with Crippen molar-refractivity contribution in [2.75, 3.05) is 5.73 Å². The normalized spacial score (nSPS) is 17.3. The van der Waals surface area contributed by atoms with Crippen LogP contribution in [-0.4, -0.2) is 11.9 Å². The molecule has 1 aromatic carbocycles. The highest BCUT2D eigenvalue weighted by Gasteiger charge is 2.31. The highest BCUT2D eigenvalue weighted by molar-refractivity contribution is 5.99. The number of alkyl halides is 3. The van der Waals surface area contributed by atoms with Crippen molar-refractivity contribution in [2.24, 2.45) is 0 Å². The number of anilines is 1. The van der Waals surface area contributed by atoms with Crippen LogP contribution in [0.25, 0.3) is 0 Å². The number of hydrogen-bond donors (Lipinski definition) is 2. The Labute approximate surface area is 121 Å². The number of hydrogen-bond acceptors (Lipinski definition) is 2. The summed E-state index contributed by atoms with van der Waals surface area (Å²) in [5, 5.41) is 2.81. The molecule has 0 heterocycles. The van der Waals surface area contributed by atoms with E-state index < -0.39 is 17.6 Å². The quantitative estimate of drug-likeness (QED) is 0.645. The van der Waals surface area contributed by atoms with Crippen LogP contribution in [-0.2, 0) is 6.18 Å². The molecule has 0 bridgehead atoms. The average molecular weight is 300 g/mol. The van der Waals surface area contributed by atoms with E-state index in [1.807, 2.05) is 0 Å². The van der Waals surface area contributed by atoms with Crippen molar-refractivity contribution >= 4 is 11.6 Å². The van der Waals surface area contributed by atoms with Crippen molar-refractivity contribution in [2.45, 2.75) is 50.7 Å². The molecule has 0 aromatic heterocycles. The van der Waals surface area contributed by atoms with E-state index >= 15 is 0 Å². The van der Waals surface area contributed by atoms with Crippen LogP contribution in [0.5, 0.6) is 0 Å². The number of carbonyl (C=O) groups excluding carboxylic acids is 1.